The summed E-state index contributed by atoms with van der Waals surface area (Å²) in [6, 6.07) is 22.4. The van der Waals surface area contributed by atoms with Crippen molar-refractivity contribution in [3.63, 3.8) is 0 Å². The third-order valence-corrected chi connectivity index (χ3v) is 6.57. The molecule has 0 unspecified atom stereocenters. The van der Waals surface area contributed by atoms with Crippen LogP contribution in [0.2, 0.25) is 0 Å². The van der Waals surface area contributed by atoms with E-state index in [2.05, 4.69) is 15.6 Å². The monoisotopic (exact) mass is 433 g/mol. The smallest absolute Gasteiger partial charge is 0.255 e. The van der Waals surface area contributed by atoms with Gasteiger partial charge in [0.05, 0.1) is 16.0 Å². The van der Waals surface area contributed by atoms with Crippen molar-refractivity contribution >= 4 is 56.5 Å². The summed E-state index contributed by atoms with van der Waals surface area (Å²) < 4.78 is 1.78. The number of carbonyl (C=O) groups is 2. The van der Waals surface area contributed by atoms with Crippen LogP contribution >= 0.6 is 23.1 Å². The molecule has 7 heteroatoms. The van der Waals surface area contributed by atoms with Crippen LogP contribution in [-0.2, 0) is 4.79 Å². The highest BCUT2D eigenvalue weighted by Crippen LogP contribution is 2.31. The average Bonchev–Trinajstić information content (AvgIpc) is 3.17. The molecule has 4 aromatic rings. The zero-order valence-corrected chi connectivity index (χ0v) is 17.8. The van der Waals surface area contributed by atoms with E-state index in [0.717, 1.165) is 25.8 Å². The highest BCUT2D eigenvalue weighted by atomic mass is 32.2. The van der Waals surface area contributed by atoms with Crippen LogP contribution in [0.5, 0.6) is 0 Å². The van der Waals surface area contributed by atoms with Gasteiger partial charge in [-0.15, -0.1) is 11.3 Å². The second-order valence-electron chi connectivity index (χ2n) is 6.63. The molecule has 0 saturated carbocycles. The number of anilines is 2. The van der Waals surface area contributed by atoms with Crippen LogP contribution in [0.15, 0.2) is 77.1 Å². The van der Waals surface area contributed by atoms with E-state index in [0.29, 0.717) is 11.3 Å². The molecule has 0 fully saturated rings. The maximum absolute atomic E-state index is 12.3. The Morgan fingerprint density at radius 1 is 0.967 bits per heavy atom. The third-order valence-electron chi connectivity index (χ3n) is 4.41. The fourth-order valence-electron chi connectivity index (χ4n) is 2.86. The molecule has 2 N–H and O–H groups in total. The van der Waals surface area contributed by atoms with E-state index >= 15 is 0 Å². The number of carbonyl (C=O) groups excluding carboxylic acids is 2. The standard InChI is InChI=1S/C23H19N3O2S2/c1-15-7-5-6-10-18(15)25-21(27)14-29-23-26-19-12-11-17(13-20(19)30-23)24-22(28)16-8-3-2-4-9-16/h2-13H,14H2,1H3,(H,24,28)(H,25,27). The summed E-state index contributed by atoms with van der Waals surface area (Å²) in [6.07, 6.45) is 0. The molecule has 2 amide bonds. The first-order valence-corrected chi connectivity index (χ1v) is 11.1. The molecule has 0 atom stereocenters. The average molecular weight is 434 g/mol. The van der Waals surface area contributed by atoms with Crippen LogP contribution in [0.1, 0.15) is 15.9 Å². The first-order chi connectivity index (χ1) is 14.6. The number of para-hydroxylation sites is 1. The highest BCUT2D eigenvalue weighted by Gasteiger charge is 2.11. The van der Waals surface area contributed by atoms with Gasteiger partial charge in [-0.25, -0.2) is 4.98 Å². The van der Waals surface area contributed by atoms with Gasteiger partial charge >= 0.3 is 0 Å². The summed E-state index contributed by atoms with van der Waals surface area (Å²) in [4.78, 5) is 29.2. The van der Waals surface area contributed by atoms with E-state index in [1.54, 1.807) is 12.1 Å². The summed E-state index contributed by atoms with van der Waals surface area (Å²) in [6.45, 7) is 1.96. The molecule has 0 radical (unpaired) electrons. The minimum atomic E-state index is -0.151. The summed E-state index contributed by atoms with van der Waals surface area (Å²) in [5.41, 5.74) is 4.03. The van der Waals surface area contributed by atoms with Gasteiger partial charge < -0.3 is 10.6 Å². The molecule has 4 rings (SSSR count). The first-order valence-electron chi connectivity index (χ1n) is 9.34. The third kappa shape index (κ3) is 4.87. The number of nitrogens with zero attached hydrogens (tertiary/aromatic N) is 1. The van der Waals surface area contributed by atoms with Crippen molar-refractivity contribution in [1.29, 1.82) is 0 Å². The van der Waals surface area contributed by atoms with Gasteiger partial charge in [-0.2, -0.15) is 0 Å². The molecule has 1 aromatic heterocycles. The fourth-order valence-corrected chi connectivity index (χ4v) is 4.77. The van der Waals surface area contributed by atoms with Crippen molar-refractivity contribution in [3.05, 3.63) is 83.9 Å². The van der Waals surface area contributed by atoms with Crippen LogP contribution in [-0.4, -0.2) is 22.6 Å². The first kappa shape index (κ1) is 20.1. The zero-order valence-electron chi connectivity index (χ0n) is 16.2. The highest BCUT2D eigenvalue weighted by molar-refractivity contribution is 8.01. The maximum atomic E-state index is 12.3. The summed E-state index contributed by atoms with van der Waals surface area (Å²) in [7, 11) is 0. The van der Waals surface area contributed by atoms with Gasteiger partial charge in [0, 0.05) is 16.9 Å². The molecule has 0 spiro atoms. The minimum Gasteiger partial charge on any atom is -0.325 e. The lowest BCUT2D eigenvalue weighted by Gasteiger charge is -2.06. The molecule has 0 aliphatic heterocycles. The van der Waals surface area contributed by atoms with Crippen LogP contribution in [0.3, 0.4) is 0 Å². The number of fused-ring (bicyclic) bond motifs is 1. The molecule has 150 valence electrons. The van der Waals surface area contributed by atoms with Crippen LogP contribution in [0, 0.1) is 6.92 Å². The number of hydrogen-bond donors (Lipinski definition) is 2. The van der Waals surface area contributed by atoms with Crippen molar-refractivity contribution in [1.82, 2.24) is 4.98 Å². The molecule has 0 bridgehead atoms. The zero-order chi connectivity index (χ0) is 20.9. The minimum absolute atomic E-state index is 0.0654. The molecule has 0 aliphatic carbocycles. The van der Waals surface area contributed by atoms with Crippen LogP contribution in [0.25, 0.3) is 10.2 Å². The van der Waals surface area contributed by atoms with Crippen molar-refractivity contribution in [3.8, 4) is 0 Å². The van der Waals surface area contributed by atoms with Gasteiger partial charge in [-0.05, 0) is 48.9 Å². The maximum Gasteiger partial charge on any atom is 0.255 e. The van der Waals surface area contributed by atoms with Crippen molar-refractivity contribution in [2.75, 3.05) is 16.4 Å². The number of aryl methyl sites for hydroxylation is 1. The van der Waals surface area contributed by atoms with Gasteiger partial charge in [-0.1, -0.05) is 48.2 Å². The second kappa shape index (κ2) is 9.11. The largest absolute Gasteiger partial charge is 0.325 e. The molecule has 30 heavy (non-hydrogen) atoms. The number of rotatable bonds is 6. The van der Waals surface area contributed by atoms with Crippen molar-refractivity contribution < 1.29 is 9.59 Å². The number of amides is 2. The molecule has 3 aromatic carbocycles. The molecular weight excluding hydrogens is 414 g/mol. The predicted molar refractivity (Wildman–Crippen MR) is 125 cm³/mol. The fraction of sp³-hybridized carbons (Fsp3) is 0.0870. The Labute approximate surface area is 182 Å². The molecule has 0 saturated heterocycles. The number of aromatic nitrogens is 1. The van der Waals surface area contributed by atoms with E-state index < -0.39 is 0 Å². The normalized spacial score (nSPS) is 10.7. The Morgan fingerprint density at radius 2 is 1.73 bits per heavy atom. The number of thiazole rings is 1. The van der Waals surface area contributed by atoms with Gasteiger partial charge in [0.25, 0.3) is 5.91 Å². The van der Waals surface area contributed by atoms with Gasteiger partial charge in [0.2, 0.25) is 5.91 Å². The number of hydrogen-bond acceptors (Lipinski definition) is 5. The van der Waals surface area contributed by atoms with Crippen molar-refractivity contribution in [2.24, 2.45) is 0 Å². The van der Waals surface area contributed by atoms with E-state index in [9.17, 15) is 9.59 Å². The lowest BCUT2D eigenvalue weighted by molar-refractivity contribution is -0.113. The van der Waals surface area contributed by atoms with Crippen molar-refractivity contribution in [2.45, 2.75) is 11.3 Å². The second-order valence-corrected chi connectivity index (χ2v) is 8.89. The molecule has 0 aliphatic rings. The topological polar surface area (TPSA) is 71.1 Å². The number of nitrogens with one attached hydrogen (secondary N) is 2. The van der Waals surface area contributed by atoms with Gasteiger partial charge in [0.15, 0.2) is 4.34 Å². The van der Waals surface area contributed by atoms with Crippen LogP contribution in [0.4, 0.5) is 11.4 Å². The van der Waals surface area contributed by atoms with Crippen LogP contribution < -0.4 is 10.6 Å². The Kier molecular flexibility index (Phi) is 6.11. The molecule has 1 heterocycles. The molecular formula is C23H19N3O2S2. The van der Waals surface area contributed by atoms with E-state index in [-0.39, 0.29) is 17.6 Å². The lowest BCUT2D eigenvalue weighted by atomic mass is 10.2. The quantitative estimate of drug-likeness (QED) is 0.389. The number of thioether (sulfide) groups is 1. The summed E-state index contributed by atoms with van der Waals surface area (Å²) in [5.74, 6) is 0.0671. The Hall–Kier alpha value is -3.16. The Morgan fingerprint density at radius 3 is 2.53 bits per heavy atom. The molecule has 5 nitrogen and oxygen atoms in total. The van der Waals surface area contributed by atoms with E-state index in [1.165, 1.54) is 23.1 Å². The SMILES string of the molecule is Cc1ccccc1NC(=O)CSc1nc2ccc(NC(=O)c3ccccc3)cc2s1. The summed E-state index contributed by atoms with van der Waals surface area (Å²) >= 11 is 2.91. The Balaban J connectivity index is 1.39. The van der Waals surface area contributed by atoms with Gasteiger partial charge in [0.1, 0.15) is 0 Å². The number of benzene rings is 3. The van der Waals surface area contributed by atoms with Gasteiger partial charge in [-0.3, -0.25) is 9.59 Å². The summed E-state index contributed by atoms with van der Waals surface area (Å²) in [5, 5.41) is 5.84. The van der Waals surface area contributed by atoms with E-state index in [1.807, 2.05) is 67.6 Å². The Bertz CT molecular complexity index is 1210. The van der Waals surface area contributed by atoms with E-state index in [4.69, 9.17) is 0 Å². The lowest BCUT2D eigenvalue weighted by Crippen LogP contribution is -2.14. The predicted octanol–water partition coefficient (Wildman–Crippen LogP) is 5.59.